The summed E-state index contributed by atoms with van der Waals surface area (Å²) in [7, 11) is 0. The van der Waals surface area contributed by atoms with E-state index in [-0.39, 0.29) is 0 Å². The molecule has 20 heavy (non-hydrogen) atoms. The van der Waals surface area contributed by atoms with Crippen LogP contribution in [0.2, 0.25) is 0 Å². The molecule has 3 heterocycles. The number of nitrogens with one attached hydrogen (secondary N) is 2. The van der Waals surface area contributed by atoms with Gasteiger partial charge in [-0.3, -0.25) is 0 Å². The molecule has 1 unspecified atom stereocenters. The molecule has 3 rings (SSSR count). The van der Waals surface area contributed by atoms with Crippen molar-refractivity contribution < 1.29 is 4.74 Å². The predicted molar refractivity (Wildman–Crippen MR) is 81.6 cm³/mol. The average Bonchev–Trinajstić information content (AvgIpc) is 2.88. The van der Waals surface area contributed by atoms with Gasteiger partial charge in [0.15, 0.2) is 5.16 Å². The normalized spacial score (nSPS) is 22.4. The summed E-state index contributed by atoms with van der Waals surface area (Å²) in [6.45, 7) is 3.76. The van der Waals surface area contributed by atoms with Crippen LogP contribution in [0.1, 0.15) is 24.1 Å². The molecule has 1 saturated heterocycles. The fraction of sp³-hybridized carbons (Fsp3) is 0.714. The highest BCUT2D eigenvalue weighted by Gasteiger charge is 2.19. The minimum Gasteiger partial charge on any atom is -0.376 e. The Bertz CT molecular complexity index is 463. The first-order chi connectivity index (χ1) is 9.86. The van der Waals surface area contributed by atoms with Gasteiger partial charge in [-0.1, -0.05) is 11.8 Å². The van der Waals surface area contributed by atoms with E-state index in [4.69, 9.17) is 4.74 Å². The molecule has 2 N–H and O–H groups in total. The van der Waals surface area contributed by atoms with E-state index < -0.39 is 0 Å². The molecule has 0 aromatic carbocycles. The summed E-state index contributed by atoms with van der Waals surface area (Å²) in [4.78, 5) is 9.34. The summed E-state index contributed by atoms with van der Waals surface area (Å²) in [5.74, 6) is 1.01. The molecule has 110 valence electrons. The van der Waals surface area contributed by atoms with Gasteiger partial charge < -0.3 is 15.4 Å². The van der Waals surface area contributed by atoms with Crippen LogP contribution in [0.15, 0.2) is 5.16 Å². The maximum Gasteiger partial charge on any atom is 0.189 e. The number of anilines is 1. The third-order valence-electron chi connectivity index (χ3n) is 3.87. The number of ether oxygens (including phenoxy) is 1. The first kappa shape index (κ1) is 14.1. The topological polar surface area (TPSA) is 59.1 Å². The fourth-order valence-electron chi connectivity index (χ4n) is 2.78. The first-order valence-electron chi connectivity index (χ1n) is 7.37. The van der Waals surface area contributed by atoms with Gasteiger partial charge in [0.05, 0.1) is 11.8 Å². The van der Waals surface area contributed by atoms with Crippen LogP contribution in [0, 0.1) is 0 Å². The van der Waals surface area contributed by atoms with Crippen LogP contribution in [-0.2, 0) is 17.6 Å². The lowest BCUT2D eigenvalue weighted by Gasteiger charge is -2.16. The van der Waals surface area contributed by atoms with Crippen LogP contribution in [0.5, 0.6) is 0 Å². The predicted octanol–water partition coefficient (Wildman–Crippen LogP) is 1.48. The van der Waals surface area contributed by atoms with Crippen LogP contribution >= 0.6 is 11.8 Å². The lowest BCUT2D eigenvalue weighted by molar-refractivity contribution is 0.120. The first-order valence-corrected chi connectivity index (χ1v) is 8.59. The van der Waals surface area contributed by atoms with Crippen LogP contribution < -0.4 is 10.6 Å². The second-order valence-corrected chi connectivity index (χ2v) is 6.02. The second kappa shape index (κ2) is 6.74. The molecule has 6 heteroatoms. The molecule has 1 atom stereocenters. The zero-order chi connectivity index (χ0) is 13.8. The summed E-state index contributed by atoms with van der Waals surface area (Å²) >= 11 is 1.61. The van der Waals surface area contributed by atoms with E-state index in [0.29, 0.717) is 6.10 Å². The van der Waals surface area contributed by atoms with E-state index in [1.54, 1.807) is 11.8 Å². The molecule has 1 aromatic heterocycles. The largest absolute Gasteiger partial charge is 0.376 e. The molecule has 0 radical (unpaired) electrons. The molecular weight excluding hydrogens is 272 g/mol. The highest BCUT2D eigenvalue weighted by Crippen LogP contribution is 2.23. The van der Waals surface area contributed by atoms with E-state index in [1.165, 1.54) is 17.7 Å². The summed E-state index contributed by atoms with van der Waals surface area (Å²) in [5.41, 5.74) is 2.48. The van der Waals surface area contributed by atoms with Gasteiger partial charge in [0.25, 0.3) is 0 Å². The number of nitrogens with zero attached hydrogens (tertiary/aromatic N) is 2. The standard InChI is InChI=1S/C14H22N4OS/c1-20-14-17-12-5-7-15-6-4-11(12)13(18-14)16-9-10-3-2-8-19-10/h10,15H,2-9H2,1H3,(H,16,17,18). The van der Waals surface area contributed by atoms with Crippen molar-refractivity contribution in [3.63, 3.8) is 0 Å². The van der Waals surface area contributed by atoms with Crippen molar-refractivity contribution in [2.24, 2.45) is 0 Å². The Balaban J connectivity index is 1.79. The van der Waals surface area contributed by atoms with Crippen LogP contribution in [0.25, 0.3) is 0 Å². The highest BCUT2D eigenvalue weighted by atomic mass is 32.2. The van der Waals surface area contributed by atoms with Crippen LogP contribution in [0.3, 0.4) is 0 Å². The Labute approximate surface area is 124 Å². The van der Waals surface area contributed by atoms with Gasteiger partial charge in [0.2, 0.25) is 0 Å². The van der Waals surface area contributed by atoms with Crippen LogP contribution in [-0.4, -0.2) is 48.6 Å². The number of thioether (sulfide) groups is 1. The Kier molecular flexibility index (Phi) is 4.75. The van der Waals surface area contributed by atoms with Gasteiger partial charge in [-0.25, -0.2) is 9.97 Å². The SMILES string of the molecule is CSc1nc2c(c(NCC3CCCO3)n1)CCNCC2. The van der Waals surface area contributed by atoms with E-state index in [0.717, 1.165) is 56.5 Å². The minimum atomic E-state index is 0.335. The zero-order valence-electron chi connectivity index (χ0n) is 11.9. The Morgan fingerprint density at radius 2 is 2.25 bits per heavy atom. The summed E-state index contributed by atoms with van der Waals surface area (Å²) in [5, 5.41) is 7.79. The number of hydrogen-bond acceptors (Lipinski definition) is 6. The van der Waals surface area contributed by atoms with E-state index >= 15 is 0 Å². The van der Waals surface area contributed by atoms with Gasteiger partial charge in [-0.2, -0.15) is 0 Å². The van der Waals surface area contributed by atoms with Crippen molar-refractivity contribution in [2.45, 2.75) is 36.9 Å². The molecule has 0 saturated carbocycles. The molecule has 0 aliphatic carbocycles. The fourth-order valence-corrected chi connectivity index (χ4v) is 3.16. The molecule has 2 aliphatic heterocycles. The molecular formula is C14H22N4OS. The van der Waals surface area contributed by atoms with Crippen LogP contribution in [0.4, 0.5) is 5.82 Å². The molecule has 1 aromatic rings. The summed E-state index contributed by atoms with van der Waals surface area (Å²) in [6.07, 6.45) is 6.67. The zero-order valence-corrected chi connectivity index (χ0v) is 12.8. The Morgan fingerprint density at radius 3 is 3.05 bits per heavy atom. The quantitative estimate of drug-likeness (QED) is 0.648. The molecule has 0 bridgehead atoms. The third-order valence-corrected chi connectivity index (χ3v) is 4.41. The van der Waals surface area contributed by atoms with Crippen molar-refractivity contribution in [3.8, 4) is 0 Å². The van der Waals surface area contributed by atoms with Gasteiger partial charge in [-0.05, 0) is 32.1 Å². The van der Waals surface area contributed by atoms with E-state index in [2.05, 4.69) is 20.6 Å². The van der Waals surface area contributed by atoms with Crippen molar-refractivity contribution in [3.05, 3.63) is 11.3 Å². The lowest BCUT2D eigenvalue weighted by atomic mass is 10.1. The van der Waals surface area contributed by atoms with Gasteiger partial charge in [-0.15, -0.1) is 0 Å². The maximum absolute atomic E-state index is 5.68. The number of aromatic nitrogens is 2. The molecule has 0 spiro atoms. The summed E-state index contributed by atoms with van der Waals surface area (Å²) in [6, 6.07) is 0. The second-order valence-electron chi connectivity index (χ2n) is 5.25. The Morgan fingerprint density at radius 1 is 1.35 bits per heavy atom. The number of hydrogen-bond donors (Lipinski definition) is 2. The number of rotatable bonds is 4. The monoisotopic (exact) mass is 294 g/mol. The molecule has 0 amide bonds. The molecule has 5 nitrogen and oxygen atoms in total. The average molecular weight is 294 g/mol. The van der Waals surface area contributed by atoms with Crippen molar-refractivity contribution in [2.75, 3.05) is 37.8 Å². The summed E-state index contributed by atoms with van der Waals surface area (Å²) < 4.78 is 5.68. The van der Waals surface area contributed by atoms with E-state index in [1.807, 2.05) is 6.26 Å². The number of fused-ring (bicyclic) bond motifs is 1. The van der Waals surface area contributed by atoms with Gasteiger partial charge in [0.1, 0.15) is 5.82 Å². The smallest absolute Gasteiger partial charge is 0.189 e. The van der Waals surface area contributed by atoms with Crippen molar-refractivity contribution >= 4 is 17.6 Å². The Hall–Kier alpha value is -0.850. The van der Waals surface area contributed by atoms with Gasteiger partial charge in [0, 0.05) is 31.7 Å². The maximum atomic E-state index is 5.68. The lowest BCUT2D eigenvalue weighted by Crippen LogP contribution is -2.21. The molecule has 2 aliphatic rings. The highest BCUT2D eigenvalue weighted by molar-refractivity contribution is 7.98. The van der Waals surface area contributed by atoms with Gasteiger partial charge >= 0.3 is 0 Å². The minimum absolute atomic E-state index is 0.335. The van der Waals surface area contributed by atoms with E-state index in [9.17, 15) is 0 Å². The third kappa shape index (κ3) is 3.24. The van der Waals surface area contributed by atoms with Crippen molar-refractivity contribution in [1.82, 2.24) is 15.3 Å². The molecule has 1 fully saturated rings. The van der Waals surface area contributed by atoms with Crippen molar-refractivity contribution in [1.29, 1.82) is 0 Å².